The number of ether oxygens (including phenoxy) is 1. The maximum absolute atomic E-state index is 13.5. The van der Waals surface area contributed by atoms with E-state index in [-0.39, 0.29) is 11.6 Å². The predicted octanol–water partition coefficient (Wildman–Crippen LogP) is 4.04. The molecular formula is C13H10FNOS. The van der Waals surface area contributed by atoms with Gasteiger partial charge in [0.25, 0.3) is 0 Å². The standard InChI is InChI=1S/C13H10FNOS/c1-16-13-6-12-9(4-10(13)14)5-11(15-12)8-2-3-17-7-8/h2-7,15H,1H3. The number of nitrogens with one attached hydrogen (secondary N) is 1. The molecule has 0 aliphatic heterocycles. The molecule has 0 spiro atoms. The number of hydrogen-bond acceptors (Lipinski definition) is 2. The molecule has 2 nitrogen and oxygen atoms in total. The van der Waals surface area contributed by atoms with Gasteiger partial charge in [0.15, 0.2) is 11.6 Å². The summed E-state index contributed by atoms with van der Waals surface area (Å²) in [6.45, 7) is 0. The third kappa shape index (κ3) is 1.70. The van der Waals surface area contributed by atoms with Gasteiger partial charge in [0.05, 0.1) is 7.11 Å². The van der Waals surface area contributed by atoms with Crippen molar-refractivity contribution in [3.8, 4) is 17.0 Å². The first kappa shape index (κ1) is 10.4. The van der Waals surface area contributed by atoms with Gasteiger partial charge in [-0.2, -0.15) is 11.3 Å². The molecule has 1 N–H and O–H groups in total. The first-order valence-electron chi connectivity index (χ1n) is 5.17. The van der Waals surface area contributed by atoms with Gasteiger partial charge in [0.1, 0.15) is 0 Å². The van der Waals surface area contributed by atoms with Gasteiger partial charge in [-0.1, -0.05) is 0 Å². The predicted molar refractivity (Wildman–Crippen MR) is 68.1 cm³/mol. The minimum atomic E-state index is -0.337. The van der Waals surface area contributed by atoms with Crippen molar-refractivity contribution in [2.24, 2.45) is 0 Å². The Morgan fingerprint density at radius 2 is 2.18 bits per heavy atom. The Bertz CT molecular complexity index is 657. The second kappa shape index (κ2) is 3.89. The second-order valence-electron chi connectivity index (χ2n) is 3.77. The van der Waals surface area contributed by atoms with Gasteiger partial charge >= 0.3 is 0 Å². The van der Waals surface area contributed by atoms with E-state index in [0.717, 1.165) is 22.2 Å². The second-order valence-corrected chi connectivity index (χ2v) is 4.55. The third-order valence-corrected chi connectivity index (χ3v) is 3.41. The highest BCUT2D eigenvalue weighted by atomic mass is 32.1. The fourth-order valence-corrected chi connectivity index (χ4v) is 2.52. The van der Waals surface area contributed by atoms with Crippen molar-refractivity contribution in [2.45, 2.75) is 0 Å². The number of halogens is 1. The molecule has 0 bridgehead atoms. The molecule has 0 amide bonds. The highest BCUT2D eigenvalue weighted by molar-refractivity contribution is 7.08. The number of rotatable bonds is 2. The summed E-state index contributed by atoms with van der Waals surface area (Å²) >= 11 is 1.64. The van der Waals surface area contributed by atoms with Gasteiger partial charge in [-0.15, -0.1) is 0 Å². The number of methoxy groups -OCH3 is 1. The molecule has 0 aliphatic carbocycles. The molecular weight excluding hydrogens is 237 g/mol. The van der Waals surface area contributed by atoms with Crippen LogP contribution in [0.15, 0.2) is 35.0 Å². The van der Waals surface area contributed by atoms with E-state index in [2.05, 4.69) is 10.4 Å². The molecule has 2 heterocycles. The highest BCUT2D eigenvalue weighted by Crippen LogP contribution is 2.29. The molecule has 0 aliphatic rings. The van der Waals surface area contributed by atoms with E-state index < -0.39 is 0 Å². The molecule has 0 saturated heterocycles. The number of fused-ring (bicyclic) bond motifs is 1. The van der Waals surface area contributed by atoms with Crippen molar-refractivity contribution in [3.63, 3.8) is 0 Å². The van der Waals surface area contributed by atoms with Crippen molar-refractivity contribution in [2.75, 3.05) is 7.11 Å². The van der Waals surface area contributed by atoms with Crippen molar-refractivity contribution in [3.05, 3.63) is 40.8 Å². The lowest BCUT2D eigenvalue weighted by atomic mass is 10.2. The molecule has 17 heavy (non-hydrogen) atoms. The molecule has 2 aromatic heterocycles. The summed E-state index contributed by atoms with van der Waals surface area (Å²) in [7, 11) is 1.47. The maximum atomic E-state index is 13.5. The van der Waals surface area contributed by atoms with E-state index >= 15 is 0 Å². The maximum Gasteiger partial charge on any atom is 0.165 e. The quantitative estimate of drug-likeness (QED) is 0.726. The van der Waals surface area contributed by atoms with E-state index in [0.29, 0.717) is 0 Å². The fourth-order valence-electron chi connectivity index (χ4n) is 1.86. The van der Waals surface area contributed by atoms with Crippen LogP contribution in [-0.2, 0) is 0 Å². The van der Waals surface area contributed by atoms with Crippen LogP contribution in [0.2, 0.25) is 0 Å². The molecule has 3 rings (SSSR count). The monoisotopic (exact) mass is 247 g/mol. The van der Waals surface area contributed by atoms with E-state index in [4.69, 9.17) is 4.74 Å². The SMILES string of the molecule is COc1cc2[nH]c(-c3ccsc3)cc2cc1F. The van der Waals surface area contributed by atoms with E-state index in [1.807, 2.05) is 17.5 Å². The first-order valence-corrected chi connectivity index (χ1v) is 6.11. The van der Waals surface area contributed by atoms with Crippen LogP contribution in [0.4, 0.5) is 4.39 Å². The summed E-state index contributed by atoms with van der Waals surface area (Å²) in [5, 5.41) is 4.92. The van der Waals surface area contributed by atoms with Gasteiger partial charge in [-0.25, -0.2) is 4.39 Å². The fraction of sp³-hybridized carbons (Fsp3) is 0.0769. The largest absolute Gasteiger partial charge is 0.494 e. The number of benzene rings is 1. The van der Waals surface area contributed by atoms with Crippen LogP contribution in [0.5, 0.6) is 5.75 Å². The summed E-state index contributed by atoms with van der Waals surface area (Å²) in [5.74, 6) is -0.0768. The number of thiophene rings is 1. The zero-order chi connectivity index (χ0) is 11.8. The summed E-state index contributed by atoms with van der Waals surface area (Å²) in [6, 6.07) is 7.14. The van der Waals surface area contributed by atoms with Crippen molar-refractivity contribution < 1.29 is 9.13 Å². The van der Waals surface area contributed by atoms with Gasteiger partial charge in [0.2, 0.25) is 0 Å². The van der Waals surface area contributed by atoms with Crippen LogP contribution in [-0.4, -0.2) is 12.1 Å². The lowest BCUT2D eigenvalue weighted by molar-refractivity contribution is 0.387. The Morgan fingerprint density at radius 1 is 1.29 bits per heavy atom. The van der Waals surface area contributed by atoms with Crippen LogP contribution in [0.1, 0.15) is 0 Å². The van der Waals surface area contributed by atoms with Crippen molar-refractivity contribution in [1.82, 2.24) is 4.98 Å². The van der Waals surface area contributed by atoms with Crippen LogP contribution >= 0.6 is 11.3 Å². The lowest BCUT2D eigenvalue weighted by Crippen LogP contribution is -1.87. The molecule has 0 fully saturated rings. The minimum absolute atomic E-state index is 0.260. The van der Waals surface area contributed by atoms with Crippen LogP contribution < -0.4 is 4.74 Å². The molecule has 3 aromatic rings. The Labute approximate surface area is 102 Å². The number of aromatic nitrogens is 1. The van der Waals surface area contributed by atoms with Crippen LogP contribution in [0, 0.1) is 5.82 Å². The number of hydrogen-bond donors (Lipinski definition) is 1. The molecule has 1 aromatic carbocycles. The van der Waals surface area contributed by atoms with Gasteiger partial charge in [-0.05, 0) is 23.6 Å². The summed E-state index contributed by atoms with van der Waals surface area (Å²) in [4.78, 5) is 3.26. The summed E-state index contributed by atoms with van der Waals surface area (Å²) < 4.78 is 18.5. The highest BCUT2D eigenvalue weighted by Gasteiger charge is 2.08. The molecule has 0 atom stereocenters. The van der Waals surface area contributed by atoms with Crippen LogP contribution in [0.25, 0.3) is 22.2 Å². The molecule has 0 radical (unpaired) electrons. The smallest absolute Gasteiger partial charge is 0.165 e. The van der Waals surface area contributed by atoms with E-state index in [1.165, 1.54) is 13.2 Å². The Morgan fingerprint density at radius 3 is 2.88 bits per heavy atom. The number of aromatic amines is 1. The topological polar surface area (TPSA) is 25.0 Å². The zero-order valence-corrected chi connectivity index (χ0v) is 9.98. The molecule has 4 heteroatoms. The normalized spacial score (nSPS) is 10.9. The number of H-pyrrole nitrogens is 1. The Hall–Kier alpha value is -1.81. The molecule has 86 valence electrons. The minimum Gasteiger partial charge on any atom is -0.494 e. The summed E-state index contributed by atoms with van der Waals surface area (Å²) in [6.07, 6.45) is 0. The Balaban J connectivity index is 2.19. The Kier molecular flexibility index (Phi) is 2.37. The summed E-state index contributed by atoms with van der Waals surface area (Å²) in [5.41, 5.74) is 2.99. The van der Waals surface area contributed by atoms with E-state index in [9.17, 15) is 4.39 Å². The average molecular weight is 247 g/mol. The van der Waals surface area contributed by atoms with Crippen LogP contribution in [0.3, 0.4) is 0 Å². The average Bonchev–Trinajstić information content (AvgIpc) is 2.95. The molecule has 0 unspecified atom stereocenters. The zero-order valence-electron chi connectivity index (χ0n) is 9.16. The van der Waals surface area contributed by atoms with Gasteiger partial charge in [0, 0.05) is 33.6 Å². The van der Waals surface area contributed by atoms with E-state index in [1.54, 1.807) is 17.4 Å². The van der Waals surface area contributed by atoms with Gasteiger partial charge in [-0.3, -0.25) is 0 Å². The van der Waals surface area contributed by atoms with Gasteiger partial charge < -0.3 is 9.72 Å². The molecule has 0 saturated carbocycles. The van der Waals surface area contributed by atoms with Crippen molar-refractivity contribution in [1.29, 1.82) is 0 Å². The first-order chi connectivity index (χ1) is 8.28. The van der Waals surface area contributed by atoms with Crippen molar-refractivity contribution >= 4 is 22.2 Å². The third-order valence-electron chi connectivity index (χ3n) is 2.73. The lowest BCUT2D eigenvalue weighted by Gasteiger charge is -2.00.